The molecule has 0 fully saturated rings. The number of anilines is 1. The molecule has 0 spiro atoms. The first-order valence-corrected chi connectivity index (χ1v) is 3.71. The van der Waals surface area contributed by atoms with Gasteiger partial charge in [-0.25, -0.2) is 0 Å². The summed E-state index contributed by atoms with van der Waals surface area (Å²) in [6.07, 6.45) is 3.93. The molecule has 0 aliphatic carbocycles. The minimum atomic E-state index is 0.723. The summed E-state index contributed by atoms with van der Waals surface area (Å²) < 4.78 is 0. The molecule has 0 bridgehead atoms. The van der Waals surface area contributed by atoms with Crippen molar-refractivity contribution in [1.29, 1.82) is 0 Å². The number of nitrogens with two attached hydrogens (primary N) is 1. The first kappa shape index (κ1) is 8.53. The Morgan fingerprint density at radius 2 is 2.08 bits per heavy atom. The molecular weight excluding hydrogens is 150 g/mol. The fraction of sp³-hybridized carbons (Fsp3) is 0.100. The molecule has 0 saturated carbocycles. The Kier molecular flexibility index (Phi) is 2.64. The van der Waals surface area contributed by atoms with Gasteiger partial charge in [-0.05, 0) is 36.3 Å². The third-order valence-electron chi connectivity index (χ3n) is 1.49. The minimum absolute atomic E-state index is 0.723. The predicted octanol–water partition coefficient (Wildman–Crippen LogP) is 1.79. The third-order valence-corrected chi connectivity index (χ3v) is 1.49. The zero-order valence-corrected chi connectivity index (χ0v) is 6.95. The van der Waals surface area contributed by atoms with Crippen LogP contribution in [0.3, 0.4) is 0 Å². The molecule has 0 heterocycles. The number of allylic oxidation sites excluding steroid dienone is 1. The summed E-state index contributed by atoms with van der Waals surface area (Å²) in [5.41, 5.74) is 8.39. The topological polar surface area (TPSA) is 43.1 Å². The highest BCUT2D eigenvalue weighted by molar-refractivity contribution is 5.74. The number of carbonyl (C=O) groups is 1. The first-order chi connectivity index (χ1) is 5.72. The lowest BCUT2D eigenvalue weighted by molar-refractivity contribution is -0.104. The molecular formula is C10H11NO. The molecule has 0 saturated heterocycles. The molecule has 0 amide bonds. The maximum absolute atomic E-state index is 10.0. The highest BCUT2D eigenvalue weighted by Crippen LogP contribution is 2.11. The molecule has 0 atom stereocenters. The Labute approximate surface area is 71.7 Å². The van der Waals surface area contributed by atoms with Crippen molar-refractivity contribution < 1.29 is 4.79 Å². The second-order valence-corrected chi connectivity index (χ2v) is 2.67. The van der Waals surface area contributed by atoms with E-state index >= 15 is 0 Å². The number of nitrogen functional groups attached to an aromatic ring is 1. The SMILES string of the molecule is Cc1cc(N)cc(C=CC=O)c1. The van der Waals surface area contributed by atoms with Gasteiger partial charge >= 0.3 is 0 Å². The van der Waals surface area contributed by atoms with Crippen LogP contribution < -0.4 is 5.73 Å². The van der Waals surface area contributed by atoms with Crippen molar-refractivity contribution in [3.05, 3.63) is 35.4 Å². The van der Waals surface area contributed by atoms with E-state index in [-0.39, 0.29) is 0 Å². The van der Waals surface area contributed by atoms with Crippen molar-refractivity contribution in [2.75, 3.05) is 5.73 Å². The highest BCUT2D eigenvalue weighted by atomic mass is 16.1. The van der Waals surface area contributed by atoms with E-state index in [1.165, 1.54) is 6.08 Å². The summed E-state index contributed by atoms with van der Waals surface area (Å²) in [6, 6.07) is 5.68. The van der Waals surface area contributed by atoms with Gasteiger partial charge in [0.25, 0.3) is 0 Å². The predicted molar refractivity (Wildman–Crippen MR) is 50.7 cm³/mol. The van der Waals surface area contributed by atoms with E-state index < -0.39 is 0 Å². The van der Waals surface area contributed by atoms with Gasteiger partial charge in [0.05, 0.1) is 0 Å². The first-order valence-electron chi connectivity index (χ1n) is 3.71. The molecule has 0 unspecified atom stereocenters. The van der Waals surface area contributed by atoms with E-state index in [1.54, 1.807) is 6.08 Å². The number of hydrogen-bond donors (Lipinski definition) is 1. The molecule has 0 radical (unpaired) electrons. The van der Waals surface area contributed by atoms with E-state index in [2.05, 4.69) is 0 Å². The number of aryl methyl sites for hydroxylation is 1. The average molecular weight is 161 g/mol. The number of rotatable bonds is 2. The van der Waals surface area contributed by atoms with Crippen LogP contribution in [-0.4, -0.2) is 6.29 Å². The summed E-state index contributed by atoms with van der Waals surface area (Å²) in [5, 5.41) is 0. The molecule has 0 aliphatic heterocycles. The summed E-state index contributed by atoms with van der Waals surface area (Å²) in [4.78, 5) is 10.0. The lowest BCUT2D eigenvalue weighted by Gasteiger charge is -1.98. The van der Waals surface area contributed by atoms with Gasteiger partial charge in [0.1, 0.15) is 6.29 Å². The van der Waals surface area contributed by atoms with Gasteiger partial charge in [-0.1, -0.05) is 12.1 Å². The van der Waals surface area contributed by atoms with Crippen molar-refractivity contribution in [1.82, 2.24) is 0 Å². The van der Waals surface area contributed by atoms with E-state index in [9.17, 15) is 4.79 Å². The number of benzene rings is 1. The molecule has 2 heteroatoms. The fourth-order valence-corrected chi connectivity index (χ4v) is 1.09. The molecule has 1 rings (SSSR count). The second kappa shape index (κ2) is 3.72. The van der Waals surface area contributed by atoms with Crippen LogP contribution in [0, 0.1) is 6.92 Å². The molecule has 1 aromatic carbocycles. The Hall–Kier alpha value is -1.57. The lowest BCUT2D eigenvalue weighted by Crippen LogP contribution is -1.86. The molecule has 62 valence electrons. The Balaban J connectivity index is 3.00. The summed E-state index contributed by atoms with van der Waals surface area (Å²) in [7, 11) is 0. The number of hydrogen-bond acceptors (Lipinski definition) is 2. The molecule has 1 aromatic rings. The standard InChI is InChI=1S/C10H11NO/c1-8-5-9(3-2-4-12)7-10(11)6-8/h2-7H,11H2,1H3. The van der Waals surface area contributed by atoms with Crippen molar-refractivity contribution in [2.24, 2.45) is 0 Å². The Bertz CT molecular complexity index is 295. The van der Waals surface area contributed by atoms with Crippen LogP contribution in [0.4, 0.5) is 5.69 Å². The van der Waals surface area contributed by atoms with E-state index in [1.807, 2.05) is 25.1 Å². The third kappa shape index (κ3) is 2.23. The summed E-state index contributed by atoms with van der Waals surface area (Å²) in [6.45, 7) is 1.97. The van der Waals surface area contributed by atoms with Gasteiger partial charge in [-0.3, -0.25) is 4.79 Å². The van der Waals surface area contributed by atoms with Gasteiger partial charge in [-0.2, -0.15) is 0 Å². The number of aldehydes is 1. The van der Waals surface area contributed by atoms with Crippen LogP contribution in [0.1, 0.15) is 11.1 Å². The van der Waals surface area contributed by atoms with Crippen molar-refractivity contribution in [3.63, 3.8) is 0 Å². The van der Waals surface area contributed by atoms with Gasteiger partial charge < -0.3 is 5.73 Å². The van der Waals surface area contributed by atoms with Crippen molar-refractivity contribution >= 4 is 18.0 Å². The van der Waals surface area contributed by atoms with E-state index in [0.717, 1.165) is 23.1 Å². The maximum Gasteiger partial charge on any atom is 0.142 e. The van der Waals surface area contributed by atoms with Crippen LogP contribution in [-0.2, 0) is 4.79 Å². The second-order valence-electron chi connectivity index (χ2n) is 2.67. The zero-order valence-electron chi connectivity index (χ0n) is 6.95. The van der Waals surface area contributed by atoms with Crippen LogP contribution in [0.25, 0.3) is 6.08 Å². The quantitative estimate of drug-likeness (QED) is 0.408. The average Bonchev–Trinajstić information content (AvgIpc) is 1.99. The minimum Gasteiger partial charge on any atom is -0.399 e. The smallest absolute Gasteiger partial charge is 0.142 e. The van der Waals surface area contributed by atoms with Crippen LogP contribution in [0.2, 0.25) is 0 Å². The largest absolute Gasteiger partial charge is 0.399 e. The van der Waals surface area contributed by atoms with E-state index in [0.29, 0.717) is 0 Å². The molecule has 2 N–H and O–H groups in total. The fourth-order valence-electron chi connectivity index (χ4n) is 1.09. The van der Waals surface area contributed by atoms with Gasteiger partial charge in [0, 0.05) is 5.69 Å². The molecule has 0 aromatic heterocycles. The number of carbonyl (C=O) groups excluding carboxylic acids is 1. The molecule has 0 aliphatic rings. The van der Waals surface area contributed by atoms with Gasteiger partial charge in [-0.15, -0.1) is 0 Å². The zero-order chi connectivity index (χ0) is 8.97. The maximum atomic E-state index is 10.0. The molecule has 12 heavy (non-hydrogen) atoms. The highest BCUT2D eigenvalue weighted by Gasteiger charge is 1.91. The van der Waals surface area contributed by atoms with Crippen LogP contribution in [0.5, 0.6) is 0 Å². The Morgan fingerprint density at radius 1 is 1.33 bits per heavy atom. The molecule has 2 nitrogen and oxygen atoms in total. The van der Waals surface area contributed by atoms with Crippen LogP contribution >= 0.6 is 0 Å². The van der Waals surface area contributed by atoms with Crippen molar-refractivity contribution in [2.45, 2.75) is 6.92 Å². The van der Waals surface area contributed by atoms with Gasteiger partial charge in [0.15, 0.2) is 0 Å². The monoisotopic (exact) mass is 161 g/mol. The summed E-state index contributed by atoms with van der Waals surface area (Å²) >= 11 is 0. The summed E-state index contributed by atoms with van der Waals surface area (Å²) in [5.74, 6) is 0. The normalized spacial score (nSPS) is 10.4. The Morgan fingerprint density at radius 3 is 2.67 bits per heavy atom. The van der Waals surface area contributed by atoms with Gasteiger partial charge in [0.2, 0.25) is 0 Å². The van der Waals surface area contributed by atoms with Crippen molar-refractivity contribution in [3.8, 4) is 0 Å². The van der Waals surface area contributed by atoms with E-state index in [4.69, 9.17) is 5.73 Å². The lowest BCUT2D eigenvalue weighted by atomic mass is 10.1. The van der Waals surface area contributed by atoms with Crippen LogP contribution in [0.15, 0.2) is 24.3 Å².